The second-order valence-electron chi connectivity index (χ2n) is 0.500. The molecule has 0 aliphatic rings. The van der Waals surface area contributed by atoms with E-state index in [9.17, 15) is 0 Å². The van der Waals surface area contributed by atoms with E-state index in [2.05, 4.69) is 5.53 Å². The molecule has 0 unspecified atom stereocenters. The highest BCUT2D eigenvalue weighted by Crippen LogP contribution is 2.26. The maximum absolute atomic E-state index is 4.82. The molecule has 0 aliphatic heterocycles. The van der Waals surface area contributed by atoms with Gasteiger partial charge in [0.1, 0.15) is 8.43 Å². The van der Waals surface area contributed by atoms with Gasteiger partial charge in [0, 0.05) is 13.4 Å². The molecule has 1 aromatic rings. The van der Waals surface area contributed by atoms with Crippen molar-refractivity contribution in [2.24, 2.45) is 0 Å². The Labute approximate surface area is 34.8 Å². The average Bonchev–Trinajstić information content (AvgIpc) is 1.76. The van der Waals surface area contributed by atoms with Crippen molar-refractivity contribution in [1.82, 2.24) is 0 Å². The molecule has 0 fully saturated rings. The van der Waals surface area contributed by atoms with Gasteiger partial charge < -0.3 is 3.98 Å². The standard InChI is InChI=1S/CHOP3/c1-3-2-5-4-1/h1H. The van der Waals surface area contributed by atoms with Gasteiger partial charge in [0.15, 0.2) is 8.11 Å². The Balaban J connectivity index is 3.13. The molecule has 1 aromatic heterocycles. The van der Waals surface area contributed by atoms with Gasteiger partial charge in [-0.15, -0.1) is 0 Å². The second kappa shape index (κ2) is 1.88. The smallest absolute Gasteiger partial charge is 0.161 e. The van der Waals surface area contributed by atoms with Gasteiger partial charge >= 0.3 is 0 Å². The fourth-order valence-electron chi connectivity index (χ4n) is 0.105. The normalized spacial score (nSPS) is 12.8. The van der Waals surface area contributed by atoms with E-state index in [0.717, 1.165) is 16.5 Å². The van der Waals surface area contributed by atoms with Crippen molar-refractivity contribution in [1.29, 1.82) is 0 Å². The van der Waals surface area contributed by atoms with E-state index in [1.807, 2.05) is 0 Å². The van der Waals surface area contributed by atoms with Crippen molar-refractivity contribution in [3.05, 3.63) is 5.53 Å². The number of hydrogen-bond acceptors (Lipinski definition) is 1. The minimum atomic E-state index is 1.04. The number of rotatable bonds is 0. The zero-order valence-corrected chi connectivity index (χ0v) is 5.01. The zero-order valence-electron chi connectivity index (χ0n) is 2.33. The molecule has 0 amide bonds. The minimum absolute atomic E-state index is 1.04. The molecular weight excluding hydrogens is 121 g/mol. The summed E-state index contributed by atoms with van der Waals surface area (Å²) in [7, 11) is 3.44. The summed E-state index contributed by atoms with van der Waals surface area (Å²) < 4.78 is 4.82. The Bertz CT molecular complexity index is 63.4. The lowest BCUT2D eigenvalue weighted by atomic mass is 11.9. The fourth-order valence-corrected chi connectivity index (χ4v) is 2.85. The van der Waals surface area contributed by atoms with Gasteiger partial charge in [0.2, 0.25) is 0 Å². The first-order valence-electron chi connectivity index (χ1n) is 1.08. The highest BCUT2D eigenvalue weighted by molar-refractivity contribution is 7.90. The Kier molecular flexibility index (Phi) is 1.41. The maximum Gasteiger partial charge on any atom is 0.161 e. The SMILES string of the molecule is c1popp1. The highest BCUT2D eigenvalue weighted by Gasteiger charge is 1.64. The van der Waals surface area contributed by atoms with Crippen molar-refractivity contribution < 1.29 is 3.98 Å². The molecule has 0 saturated carbocycles. The lowest BCUT2D eigenvalue weighted by Crippen LogP contribution is -0.873. The van der Waals surface area contributed by atoms with Gasteiger partial charge in [0.05, 0.1) is 0 Å². The quantitative estimate of drug-likeness (QED) is 0.515. The maximum atomic E-state index is 4.82. The Hall–Kier alpha value is 0.570. The first kappa shape index (κ1) is 3.75. The summed E-state index contributed by atoms with van der Waals surface area (Å²) in [6.45, 7) is 0. The molecule has 0 saturated heterocycles. The molecule has 4 heteroatoms. The van der Waals surface area contributed by atoms with Crippen molar-refractivity contribution in [3.63, 3.8) is 0 Å². The predicted octanol–water partition coefficient (Wildman–Crippen LogP) is 3.02. The molecule has 1 heterocycles. The molecule has 0 aliphatic carbocycles. The van der Waals surface area contributed by atoms with Gasteiger partial charge in [-0.1, -0.05) is 0 Å². The van der Waals surface area contributed by atoms with E-state index >= 15 is 0 Å². The van der Waals surface area contributed by atoms with E-state index in [-0.39, 0.29) is 0 Å². The molecule has 1 nitrogen and oxygen atoms in total. The van der Waals surface area contributed by atoms with E-state index < -0.39 is 0 Å². The second-order valence-corrected chi connectivity index (χ2v) is 3.86. The summed E-state index contributed by atoms with van der Waals surface area (Å²) in [5.74, 6) is 0. The van der Waals surface area contributed by atoms with Gasteiger partial charge in [-0.3, -0.25) is 0 Å². The van der Waals surface area contributed by atoms with Gasteiger partial charge in [-0.25, -0.2) is 0 Å². The van der Waals surface area contributed by atoms with E-state index in [0.29, 0.717) is 0 Å². The molecule has 5 heavy (non-hydrogen) atoms. The predicted molar refractivity (Wildman–Crippen MR) is 26.2 cm³/mol. The molecule has 0 atom stereocenters. The Morgan fingerprint density at radius 1 is 1.60 bits per heavy atom. The van der Waals surface area contributed by atoms with Crippen LogP contribution in [0.4, 0.5) is 0 Å². The first-order chi connectivity index (χ1) is 2.50. The van der Waals surface area contributed by atoms with E-state index in [1.165, 1.54) is 7.87 Å². The van der Waals surface area contributed by atoms with Gasteiger partial charge in [-0.05, 0) is 0 Å². The Morgan fingerprint density at radius 2 is 2.60 bits per heavy atom. The summed E-state index contributed by atoms with van der Waals surface area (Å²) in [5, 5.41) is 0. The van der Waals surface area contributed by atoms with Crippen LogP contribution in [0.3, 0.4) is 0 Å². The number of hydrogen-bond donors (Lipinski definition) is 0. The molecule has 0 bridgehead atoms. The molecule has 26 valence electrons. The largest absolute Gasteiger partial charge is 0.417 e. The summed E-state index contributed by atoms with van der Waals surface area (Å²) in [4.78, 5) is 0. The zero-order chi connectivity index (χ0) is 3.54. The summed E-state index contributed by atoms with van der Waals surface area (Å²) in [6, 6.07) is 0. The van der Waals surface area contributed by atoms with Crippen molar-refractivity contribution >= 4 is 24.4 Å². The Morgan fingerprint density at radius 3 is 2.80 bits per heavy atom. The van der Waals surface area contributed by atoms with E-state index in [1.54, 1.807) is 0 Å². The third kappa shape index (κ3) is 0.973. The van der Waals surface area contributed by atoms with Gasteiger partial charge in [-0.2, -0.15) is 0 Å². The monoisotopic (exact) mass is 122 g/mol. The third-order valence-electron chi connectivity index (χ3n) is 0.230. The van der Waals surface area contributed by atoms with Crippen molar-refractivity contribution in [2.75, 3.05) is 0 Å². The van der Waals surface area contributed by atoms with Crippen LogP contribution < -0.4 is 0 Å². The van der Waals surface area contributed by atoms with Crippen LogP contribution in [0.2, 0.25) is 0 Å². The van der Waals surface area contributed by atoms with Crippen molar-refractivity contribution in [2.45, 2.75) is 0 Å². The van der Waals surface area contributed by atoms with Crippen LogP contribution in [-0.4, -0.2) is 0 Å². The topological polar surface area (TPSA) is 13.1 Å². The fraction of sp³-hybridized carbons (Fsp3) is 0. The van der Waals surface area contributed by atoms with Crippen LogP contribution in [0.1, 0.15) is 0 Å². The van der Waals surface area contributed by atoms with Crippen LogP contribution in [0.25, 0.3) is 0 Å². The molecule has 0 spiro atoms. The minimum Gasteiger partial charge on any atom is -0.417 e. The molecule has 0 radical (unpaired) electrons. The lowest BCUT2D eigenvalue weighted by Gasteiger charge is -1.44. The average molecular weight is 122 g/mol. The molecule has 1 rings (SSSR count). The first-order valence-corrected chi connectivity index (χ1v) is 4.44. The van der Waals surface area contributed by atoms with Crippen LogP contribution in [-0.2, 0) is 0 Å². The highest BCUT2D eigenvalue weighted by atomic mass is 31.8. The molecular formula is CHOP3. The van der Waals surface area contributed by atoms with Crippen LogP contribution in [0.15, 0.2) is 9.51 Å². The molecule has 0 N–H and O–H groups in total. The summed E-state index contributed by atoms with van der Waals surface area (Å²) in [5.41, 5.74) is 2.07. The van der Waals surface area contributed by atoms with Gasteiger partial charge in [0.25, 0.3) is 0 Å². The molecule has 0 aromatic carbocycles. The van der Waals surface area contributed by atoms with Crippen LogP contribution >= 0.6 is 24.4 Å². The summed E-state index contributed by atoms with van der Waals surface area (Å²) in [6.07, 6.45) is 0. The lowest BCUT2D eigenvalue weighted by molar-refractivity contribution is 0.854. The van der Waals surface area contributed by atoms with Crippen LogP contribution in [0, 0.1) is 0 Å². The third-order valence-corrected chi connectivity index (χ3v) is 3.65. The van der Waals surface area contributed by atoms with Crippen molar-refractivity contribution in [3.8, 4) is 0 Å². The van der Waals surface area contributed by atoms with Crippen LogP contribution in [0.5, 0.6) is 0 Å². The summed E-state index contributed by atoms with van der Waals surface area (Å²) >= 11 is 0. The van der Waals surface area contributed by atoms with E-state index in [4.69, 9.17) is 3.98 Å².